The van der Waals surface area contributed by atoms with E-state index in [0.29, 0.717) is 24.3 Å². The minimum Gasteiger partial charge on any atom is -0.370 e. The van der Waals surface area contributed by atoms with Gasteiger partial charge in [-0.2, -0.15) is 18.2 Å². The van der Waals surface area contributed by atoms with Gasteiger partial charge >= 0.3 is 6.18 Å². The smallest absolute Gasteiger partial charge is 0.370 e. The standard InChI is InChI=1S/C18H18F3N5OS/c1-10-4-7-14(28-10)16-24-12-9-11(18(19,20)21)5-6-13(12)26(16)8-2-3-15(27)25-17(22)23/h4-7,9H,2-3,8H2,1H3,(H4,22,23,25,27). The number of alkyl halides is 3. The van der Waals surface area contributed by atoms with Gasteiger partial charge in [-0.25, -0.2) is 4.98 Å². The third-order valence-corrected chi connectivity index (χ3v) is 5.06. The zero-order valence-corrected chi connectivity index (χ0v) is 15.8. The van der Waals surface area contributed by atoms with Crippen molar-refractivity contribution in [3.63, 3.8) is 0 Å². The molecule has 28 heavy (non-hydrogen) atoms. The molecule has 6 nitrogen and oxygen atoms in total. The first-order valence-corrected chi connectivity index (χ1v) is 9.23. The molecule has 10 heteroatoms. The Morgan fingerprint density at radius 2 is 2.00 bits per heavy atom. The molecule has 0 bridgehead atoms. The first-order valence-electron chi connectivity index (χ1n) is 8.42. The highest BCUT2D eigenvalue weighted by atomic mass is 32.1. The van der Waals surface area contributed by atoms with Crippen LogP contribution in [0, 0.1) is 6.92 Å². The van der Waals surface area contributed by atoms with Crippen molar-refractivity contribution in [3.8, 4) is 10.7 Å². The van der Waals surface area contributed by atoms with Gasteiger partial charge in [-0.1, -0.05) is 0 Å². The molecule has 1 amide bonds. The lowest BCUT2D eigenvalue weighted by molar-refractivity contribution is -0.137. The fourth-order valence-electron chi connectivity index (χ4n) is 2.86. The van der Waals surface area contributed by atoms with Crippen LogP contribution in [0.4, 0.5) is 13.2 Å². The number of aryl methyl sites for hydroxylation is 2. The molecule has 3 aromatic rings. The molecule has 1 aromatic carbocycles. The summed E-state index contributed by atoms with van der Waals surface area (Å²) < 4.78 is 40.9. The molecule has 0 aliphatic heterocycles. The summed E-state index contributed by atoms with van der Waals surface area (Å²) >= 11 is 1.50. The van der Waals surface area contributed by atoms with Crippen LogP contribution in [0.2, 0.25) is 0 Å². The average Bonchev–Trinajstić information content (AvgIpc) is 3.16. The summed E-state index contributed by atoms with van der Waals surface area (Å²) in [4.78, 5) is 21.5. The van der Waals surface area contributed by atoms with Crippen molar-refractivity contribution < 1.29 is 18.0 Å². The van der Waals surface area contributed by atoms with E-state index in [1.165, 1.54) is 17.4 Å². The van der Waals surface area contributed by atoms with E-state index in [1.807, 2.05) is 23.6 Å². The molecule has 148 valence electrons. The fraction of sp³-hybridized carbons (Fsp3) is 0.278. The number of guanidine groups is 1. The minimum absolute atomic E-state index is 0.112. The second-order valence-corrected chi connectivity index (χ2v) is 7.52. The average molecular weight is 409 g/mol. The Kier molecular flexibility index (Phi) is 5.41. The maximum absolute atomic E-state index is 13.0. The van der Waals surface area contributed by atoms with Gasteiger partial charge in [0.1, 0.15) is 0 Å². The van der Waals surface area contributed by atoms with E-state index in [9.17, 15) is 18.0 Å². The number of imidazole rings is 1. The van der Waals surface area contributed by atoms with Crippen LogP contribution in [0.15, 0.2) is 35.3 Å². The number of carbonyl (C=O) groups is 1. The van der Waals surface area contributed by atoms with Crippen LogP contribution in [0.25, 0.3) is 21.7 Å². The Morgan fingerprint density at radius 1 is 1.25 bits per heavy atom. The number of hydrogen-bond acceptors (Lipinski definition) is 3. The van der Waals surface area contributed by atoms with Gasteiger partial charge in [-0.15, -0.1) is 11.3 Å². The number of aliphatic imine (C=N–C) groups is 1. The summed E-state index contributed by atoms with van der Waals surface area (Å²) in [5, 5.41) is 0. The Labute approximate surface area is 162 Å². The molecule has 0 saturated carbocycles. The van der Waals surface area contributed by atoms with Gasteiger partial charge in [0.2, 0.25) is 5.91 Å². The zero-order chi connectivity index (χ0) is 20.5. The number of benzene rings is 1. The molecule has 4 N–H and O–H groups in total. The monoisotopic (exact) mass is 409 g/mol. The van der Waals surface area contributed by atoms with Gasteiger partial charge in [0.15, 0.2) is 11.8 Å². The molecular weight excluding hydrogens is 391 g/mol. The number of nitrogens with zero attached hydrogens (tertiary/aromatic N) is 3. The number of carbonyl (C=O) groups excluding carboxylic acids is 1. The van der Waals surface area contributed by atoms with Crippen LogP contribution >= 0.6 is 11.3 Å². The van der Waals surface area contributed by atoms with Crippen LogP contribution in [-0.4, -0.2) is 21.4 Å². The molecule has 2 heterocycles. The normalized spacial score (nSPS) is 11.7. The summed E-state index contributed by atoms with van der Waals surface area (Å²) in [5.41, 5.74) is 10.5. The quantitative estimate of drug-likeness (QED) is 0.496. The summed E-state index contributed by atoms with van der Waals surface area (Å²) in [6, 6.07) is 7.29. The molecule has 0 unspecified atom stereocenters. The first-order chi connectivity index (χ1) is 13.1. The predicted molar refractivity (Wildman–Crippen MR) is 103 cm³/mol. The van der Waals surface area contributed by atoms with Crippen molar-refractivity contribution in [2.45, 2.75) is 32.5 Å². The van der Waals surface area contributed by atoms with Gasteiger partial charge in [-0.05, 0) is 43.7 Å². The summed E-state index contributed by atoms with van der Waals surface area (Å²) in [5.74, 6) is -0.175. The molecule has 0 saturated heterocycles. The molecule has 3 rings (SSSR count). The highest BCUT2D eigenvalue weighted by Crippen LogP contribution is 2.34. The Morgan fingerprint density at radius 3 is 2.61 bits per heavy atom. The lowest BCUT2D eigenvalue weighted by Crippen LogP contribution is -2.24. The number of aromatic nitrogens is 2. The van der Waals surface area contributed by atoms with Crippen molar-refractivity contribution in [3.05, 3.63) is 40.8 Å². The third kappa shape index (κ3) is 4.33. The van der Waals surface area contributed by atoms with E-state index >= 15 is 0 Å². The van der Waals surface area contributed by atoms with Crippen molar-refractivity contribution in [1.82, 2.24) is 9.55 Å². The largest absolute Gasteiger partial charge is 0.416 e. The third-order valence-electron chi connectivity index (χ3n) is 4.06. The second kappa shape index (κ2) is 7.63. The second-order valence-electron chi connectivity index (χ2n) is 6.23. The van der Waals surface area contributed by atoms with Crippen LogP contribution in [0.1, 0.15) is 23.3 Å². The summed E-state index contributed by atoms with van der Waals surface area (Å²) in [6.07, 6.45) is -3.91. The van der Waals surface area contributed by atoms with E-state index in [-0.39, 0.29) is 17.9 Å². The van der Waals surface area contributed by atoms with Crippen LogP contribution in [0.5, 0.6) is 0 Å². The molecule has 0 spiro atoms. The zero-order valence-electron chi connectivity index (χ0n) is 15.0. The highest BCUT2D eigenvalue weighted by Gasteiger charge is 2.31. The number of fused-ring (bicyclic) bond motifs is 1. The van der Waals surface area contributed by atoms with Gasteiger partial charge < -0.3 is 16.0 Å². The van der Waals surface area contributed by atoms with E-state index in [2.05, 4.69) is 9.98 Å². The lowest BCUT2D eigenvalue weighted by Gasteiger charge is -2.09. The van der Waals surface area contributed by atoms with Crippen molar-refractivity contribution in [2.75, 3.05) is 0 Å². The number of halogens is 3. The van der Waals surface area contributed by atoms with E-state index in [1.54, 1.807) is 0 Å². The molecule has 0 aliphatic rings. The summed E-state index contributed by atoms with van der Waals surface area (Å²) in [6.45, 7) is 2.33. The van der Waals surface area contributed by atoms with Crippen LogP contribution in [-0.2, 0) is 17.5 Å². The molecular formula is C18H18F3N5OS. The van der Waals surface area contributed by atoms with Gasteiger partial charge in [-0.3, -0.25) is 4.79 Å². The lowest BCUT2D eigenvalue weighted by atomic mass is 10.2. The van der Waals surface area contributed by atoms with Crippen molar-refractivity contribution >= 4 is 34.2 Å². The van der Waals surface area contributed by atoms with Crippen LogP contribution in [0.3, 0.4) is 0 Å². The number of amides is 1. The van der Waals surface area contributed by atoms with Gasteiger partial charge in [0.25, 0.3) is 0 Å². The predicted octanol–water partition coefficient (Wildman–Crippen LogP) is 3.67. The number of thiophene rings is 1. The number of rotatable bonds is 5. The van der Waals surface area contributed by atoms with Gasteiger partial charge in [0.05, 0.1) is 21.5 Å². The number of nitrogens with two attached hydrogens (primary N) is 2. The van der Waals surface area contributed by atoms with E-state index < -0.39 is 17.6 Å². The SMILES string of the molecule is Cc1ccc(-c2nc3cc(C(F)(F)F)ccc3n2CCCC(=O)N=C(N)N)s1. The van der Waals surface area contributed by atoms with Crippen LogP contribution < -0.4 is 11.5 Å². The maximum Gasteiger partial charge on any atom is 0.416 e. The Hall–Kier alpha value is -2.88. The molecule has 0 fully saturated rings. The summed E-state index contributed by atoms with van der Waals surface area (Å²) in [7, 11) is 0. The molecule has 0 aliphatic carbocycles. The molecule has 0 radical (unpaired) electrons. The Balaban J connectivity index is 1.98. The Bertz CT molecular complexity index is 1050. The van der Waals surface area contributed by atoms with Crippen molar-refractivity contribution in [2.24, 2.45) is 16.5 Å². The van der Waals surface area contributed by atoms with Gasteiger partial charge in [0, 0.05) is 17.8 Å². The highest BCUT2D eigenvalue weighted by molar-refractivity contribution is 7.15. The topological polar surface area (TPSA) is 99.3 Å². The number of hydrogen-bond donors (Lipinski definition) is 2. The van der Waals surface area contributed by atoms with Crippen molar-refractivity contribution in [1.29, 1.82) is 0 Å². The molecule has 0 atom stereocenters. The van der Waals surface area contributed by atoms with E-state index in [0.717, 1.165) is 21.9 Å². The minimum atomic E-state index is -4.44. The fourth-order valence-corrected chi connectivity index (χ4v) is 3.73. The first kappa shape index (κ1) is 19.9. The van der Waals surface area contributed by atoms with E-state index in [4.69, 9.17) is 11.5 Å². The molecule has 2 aromatic heterocycles. The maximum atomic E-state index is 13.0.